The lowest BCUT2D eigenvalue weighted by Crippen LogP contribution is -2.42. The maximum absolute atomic E-state index is 12.1. The van der Waals surface area contributed by atoms with Crippen LogP contribution in [0.2, 0.25) is 0 Å². The van der Waals surface area contributed by atoms with Gasteiger partial charge in [-0.1, -0.05) is 51.2 Å². The van der Waals surface area contributed by atoms with Gasteiger partial charge in [0.2, 0.25) is 0 Å². The Hall–Kier alpha value is -0.720. The molecule has 0 amide bonds. The van der Waals surface area contributed by atoms with Crippen LogP contribution in [0.3, 0.4) is 0 Å². The number of aliphatic carboxylic acids is 1. The van der Waals surface area contributed by atoms with Crippen molar-refractivity contribution in [2.45, 2.75) is 83.7 Å². The molecule has 0 heterocycles. The maximum atomic E-state index is 12.1. The SMILES string of the molecule is CCCCCC/C=C\CCCCCCOP(=O)(O)O[C@H](CC(=O)O)C[N+](C)(C)C. The van der Waals surface area contributed by atoms with Crippen LogP contribution in [0.1, 0.15) is 77.6 Å². The monoisotopic (exact) mass is 436 g/mol. The summed E-state index contributed by atoms with van der Waals surface area (Å²) in [6.45, 7) is 2.65. The van der Waals surface area contributed by atoms with Crippen molar-refractivity contribution < 1.29 is 32.9 Å². The number of unbranched alkanes of at least 4 members (excludes halogenated alkanes) is 8. The molecule has 0 fully saturated rings. The summed E-state index contributed by atoms with van der Waals surface area (Å²) in [6.07, 6.45) is 14.4. The van der Waals surface area contributed by atoms with Gasteiger partial charge in [-0.05, 0) is 32.1 Å². The summed E-state index contributed by atoms with van der Waals surface area (Å²) in [5.41, 5.74) is 0. The molecule has 1 unspecified atom stereocenters. The van der Waals surface area contributed by atoms with Crippen LogP contribution >= 0.6 is 7.82 Å². The van der Waals surface area contributed by atoms with Gasteiger partial charge in [-0.25, -0.2) is 4.57 Å². The molecule has 0 aliphatic heterocycles. The fourth-order valence-corrected chi connectivity index (χ4v) is 3.92. The van der Waals surface area contributed by atoms with Crippen molar-refractivity contribution in [1.82, 2.24) is 0 Å². The molecule has 0 saturated carbocycles. The van der Waals surface area contributed by atoms with Crippen molar-refractivity contribution in [2.75, 3.05) is 34.3 Å². The van der Waals surface area contributed by atoms with E-state index in [1.807, 2.05) is 21.1 Å². The van der Waals surface area contributed by atoms with E-state index in [1.165, 1.54) is 25.7 Å². The van der Waals surface area contributed by atoms with Crippen LogP contribution in [0.25, 0.3) is 0 Å². The molecule has 0 aromatic carbocycles. The van der Waals surface area contributed by atoms with Crippen LogP contribution in [0, 0.1) is 0 Å². The molecule has 2 atom stereocenters. The van der Waals surface area contributed by atoms with Gasteiger partial charge in [0.25, 0.3) is 0 Å². The Bertz CT molecular complexity index is 504. The molecule has 0 bridgehead atoms. The van der Waals surface area contributed by atoms with Crippen molar-refractivity contribution >= 4 is 13.8 Å². The largest absolute Gasteiger partial charge is 0.481 e. The van der Waals surface area contributed by atoms with Crippen LogP contribution in [-0.2, 0) is 18.4 Å². The van der Waals surface area contributed by atoms with E-state index in [0.29, 0.717) is 17.4 Å². The smallest absolute Gasteiger partial charge is 0.472 e. The number of phosphoric acid groups is 1. The van der Waals surface area contributed by atoms with Gasteiger partial charge < -0.3 is 14.5 Å². The van der Waals surface area contributed by atoms with Gasteiger partial charge >= 0.3 is 13.8 Å². The normalized spacial score (nSPS) is 15.5. The van der Waals surface area contributed by atoms with Crippen molar-refractivity contribution in [1.29, 1.82) is 0 Å². The van der Waals surface area contributed by atoms with Crippen molar-refractivity contribution in [2.24, 2.45) is 0 Å². The highest BCUT2D eigenvalue weighted by Crippen LogP contribution is 2.45. The number of allylic oxidation sites excluding steroid dienone is 2. The summed E-state index contributed by atoms with van der Waals surface area (Å²) >= 11 is 0. The first-order valence-electron chi connectivity index (χ1n) is 10.9. The predicted molar refractivity (Wildman–Crippen MR) is 117 cm³/mol. The number of phosphoric ester groups is 1. The number of carbonyl (C=O) groups is 1. The minimum Gasteiger partial charge on any atom is -0.481 e. The molecule has 0 rings (SSSR count). The molecular weight excluding hydrogens is 393 g/mol. The number of carboxylic acid groups (broad SMARTS) is 1. The van der Waals surface area contributed by atoms with E-state index < -0.39 is 19.9 Å². The summed E-state index contributed by atoms with van der Waals surface area (Å²) in [7, 11) is 1.33. The molecule has 8 heteroatoms. The molecule has 172 valence electrons. The Morgan fingerprint density at radius 3 is 2.07 bits per heavy atom. The Morgan fingerprint density at radius 2 is 1.55 bits per heavy atom. The highest BCUT2D eigenvalue weighted by molar-refractivity contribution is 7.47. The Morgan fingerprint density at radius 1 is 1.00 bits per heavy atom. The third kappa shape index (κ3) is 20.3. The van der Waals surface area contributed by atoms with Crippen LogP contribution in [0.5, 0.6) is 0 Å². The van der Waals surface area contributed by atoms with E-state index in [9.17, 15) is 14.3 Å². The third-order valence-corrected chi connectivity index (χ3v) is 5.42. The van der Waals surface area contributed by atoms with E-state index in [0.717, 1.165) is 32.1 Å². The summed E-state index contributed by atoms with van der Waals surface area (Å²) in [5, 5.41) is 8.97. The highest BCUT2D eigenvalue weighted by atomic mass is 31.2. The Balaban J connectivity index is 3.91. The highest BCUT2D eigenvalue weighted by Gasteiger charge is 2.31. The Labute approximate surface area is 177 Å². The van der Waals surface area contributed by atoms with E-state index in [1.54, 1.807) is 0 Å². The molecule has 0 aliphatic rings. The molecule has 0 saturated heterocycles. The molecule has 0 spiro atoms. The average Bonchev–Trinajstić information content (AvgIpc) is 2.56. The van der Waals surface area contributed by atoms with Crippen LogP contribution in [0.15, 0.2) is 12.2 Å². The molecule has 29 heavy (non-hydrogen) atoms. The second-order valence-corrected chi connectivity index (χ2v) is 10.0. The number of likely N-dealkylation sites (N-methyl/N-ethyl adjacent to an activating group) is 1. The third-order valence-electron chi connectivity index (χ3n) is 4.35. The van der Waals surface area contributed by atoms with Crippen molar-refractivity contribution in [3.63, 3.8) is 0 Å². The minimum absolute atomic E-state index is 0.130. The second-order valence-electron chi connectivity index (χ2n) is 8.62. The zero-order valence-electron chi connectivity index (χ0n) is 18.8. The first-order chi connectivity index (χ1) is 13.6. The average molecular weight is 437 g/mol. The number of hydrogen-bond donors (Lipinski definition) is 2. The van der Waals surface area contributed by atoms with Gasteiger partial charge in [0, 0.05) is 0 Å². The standard InChI is InChI=1S/C21H42NO6P/c1-5-6-7-8-9-10-11-12-13-14-15-16-17-27-29(25,26)28-20(18-21(23)24)19-22(2,3)4/h10-11,20H,5-9,12-19H2,1-4H3,(H-,23,24,25,26)/p+1/b11-10-/t20-/m1/s1. The topological polar surface area (TPSA) is 93.1 Å². The number of quaternary nitrogens is 1. The first kappa shape index (κ1) is 28.3. The van der Waals surface area contributed by atoms with E-state index in [4.69, 9.17) is 14.2 Å². The van der Waals surface area contributed by atoms with Gasteiger partial charge in [0.05, 0.1) is 34.2 Å². The van der Waals surface area contributed by atoms with E-state index >= 15 is 0 Å². The lowest BCUT2D eigenvalue weighted by Gasteiger charge is -2.29. The number of hydrogen-bond acceptors (Lipinski definition) is 4. The number of carboxylic acids is 1. The minimum atomic E-state index is -4.26. The molecule has 2 N–H and O–H groups in total. The maximum Gasteiger partial charge on any atom is 0.472 e. The fraction of sp³-hybridized carbons (Fsp3) is 0.857. The molecule has 0 radical (unpaired) electrons. The lowest BCUT2D eigenvalue weighted by atomic mass is 10.1. The van der Waals surface area contributed by atoms with Crippen LogP contribution in [0.4, 0.5) is 0 Å². The summed E-state index contributed by atoms with van der Waals surface area (Å²) < 4.78 is 22.7. The Kier molecular flexibility index (Phi) is 15.6. The van der Waals surface area contributed by atoms with Gasteiger partial charge in [-0.3, -0.25) is 13.8 Å². The molecule has 0 aromatic heterocycles. The second kappa shape index (κ2) is 16.0. The fourth-order valence-electron chi connectivity index (χ4n) is 2.98. The summed E-state index contributed by atoms with van der Waals surface area (Å²) in [6, 6.07) is 0. The summed E-state index contributed by atoms with van der Waals surface area (Å²) in [4.78, 5) is 20.8. The zero-order valence-corrected chi connectivity index (χ0v) is 19.7. The van der Waals surface area contributed by atoms with Gasteiger partial charge in [-0.15, -0.1) is 0 Å². The van der Waals surface area contributed by atoms with Gasteiger partial charge in [0.15, 0.2) is 0 Å². The number of rotatable bonds is 19. The molecular formula is C21H43NO6P+. The molecule has 0 aliphatic carbocycles. The molecule has 0 aromatic rings. The van der Waals surface area contributed by atoms with Gasteiger partial charge in [0.1, 0.15) is 12.6 Å². The number of nitrogens with zero attached hydrogens (tertiary/aromatic N) is 1. The predicted octanol–water partition coefficient (Wildman–Crippen LogP) is 5.15. The summed E-state index contributed by atoms with van der Waals surface area (Å²) in [5.74, 6) is -1.07. The van der Waals surface area contributed by atoms with E-state index in [2.05, 4.69) is 19.1 Å². The van der Waals surface area contributed by atoms with Crippen molar-refractivity contribution in [3.05, 3.63) is 12.2 Å². The van der Waals surface area contributed by atoms with Crippen LogP contribution in [-0.4, -0.2) is 60.9 Å². The quantitative estimate of drug-likeness (QED) is 0.126. The van der Waals surface area contributed by atoms with Crippen LogP contribution < -0.4 is 0 Å². The van der Waals surface area contributed by atoms with E-state index in [-0.39, 0.29) is 13.0 Å². The zero-order chi connectivity index (χ0) is 22.2. The lowest BCUT2D eigenvalue weighted by molar-refractivity contribution is -0.873. The van der Waals surface area contributed by atoms with Crippen molar-refractivity contribution in [3.8, 4) is 0 Å². The van der Waals surface area contributed by atoms with Gasteiger partial charge in [-0.2, -0.15) is 0 Å². The first-order valence-corrected chi connectivity index (χ1v) is 12.4. The molecule has 7 nitrogen and oxygen atoms in total.